The summed E-state index contributed by atoms with van der Waals surface area (Å²) in [7, 11) is 0. The van der Waals surface area contributed by atoms with Gasteiger partial charge in [-0.1, -0.05) is 12.2 Å². The highest BCUT2D eigenvalue weighted by molar-refractivity contribution is 5.56. The molecular weight excluding hydrogens is 229 g/mol. The largest absolute Gasteiger partial charge is 0.417 e. The van der Waals surface area contributed by atoms with Crippen molar-refractivity contribution >= 4 is 5.69 Å². The molecule has 0 radical (unpaired) electrons. The van der Waals surface area contributed by atoms with E-state index >= 15 is 0 Å². The average Bonchev–Trinajstić information content (AvgIpc) is 2.80. The van der Waals surface area contributed by atoms with Gasteiger partial charge in [-0.2, -0.15) is 18.4 Å². The SMILES string of the molecule is N#Cc1ccc(N2CC=CC2)cc1C(F)(F)F. The number of nitrogens with zero attached hydrogens (tertiary/aromatic N) is 2. The molecule has 1 aliphatic rings. The van der Waals surface area contributed by atoms with E-state index in [2.05, 4.69) is 0 Å². The Bertz CT molecular complexity index is 489. The maximum Gasteiger partial charge on any atom is 0.417 e. The van der Waals surface area contributed by atoms with Crippen LogP contribution in [0, 0.1) is 11.3 Å². The Morgan fingerprint density at radius 2 is 1.82 bits per heavy atom. The van der Waals surface area contributed by atoms with Crippen molar-refractivity contribution in [1.82, 2.24) is 0 Å². The molecule has 2 rings (SSSR count). The lowest BCUT2D eigenvalue weighted by Crippen LogP contribution is -2.19. The maximum absolute atomic E-state index is 12.7. The molecule has 0 fully saturated rings. The fourth-order valence-corrected chi connectivity index (χ4v) is 1.75. The summed E-state index contributed by atoms with van der Waals surface area (Å²) in [5.74, 6) is 0. The molecule has 0 saturated carbocycles. The predicted molar refractivity (Wildman–Crippen MR) is 57.5 cm³/mol. The van der Waals surface area contributed by atoms with Crippen LogP contribution in [0.5, 0.6) is 0 Å². The third-order valence-electron chi connectivity index (χ3n) is 2.61. The fraction of sp³-hybridized carbons (Fsp3) is 0.250. The number of rotatable bonds is 1. The van der Waals surface area contributed by atoms with Gasteiger partial charge in [-0.15, -0.1) is 0 Å². The maximum atomic E-state index is 12.7. The zero-order valence-corrected chi connectivity index (χ0v) is 8.83. The molecule has 0 N–H and O–H groups in total. The van der Waals surface area contributed by atoms with Crippen LogP contribution in [0.2, 0.25) is 0 Å². The van der Waals surface area contributed by atoms with E-state index < -0.39 is 11.7 Å². The summed E-state index contributed by atoms with van der Waals surface area (Å²) in [6, 6.07) is 5.36. The van der Waals surface area contributed by atoms with Gasteiger partial charge in [0, 0.05) is 18.8 Å². The number of nitriles is 1. The van der Waals surface area contributed by atoms with E-state index in [1.165, 1.54) is 6.07 Å². The van der Waals surface area contributed by atoms with Gasteiger partial charge in [-0.05, 0) is 18.2 Å². The molecule has 1 aromatic rings. The van der Waals surface area contributed by atoms with Crippen LogP contribution in [-0.2, 0) is 6.18 Å². The summed E-state index contributed by atoms with van der Waals surface area (Å²) < 4.78 is 38.2. The summed E-state index contributed by atoms with van der Waals surface area (Å²) in [5, 5.41) is 8.66. The Kier molecular flexibility index (Phi) is 2.80. The number of halogens is 3. The standard InChI is InChI=1S/C12H9F3N2/c13-12(14,15)11-7-10(4-3-9(11)8-16)17-5-1-2-6-17/h1-4,7H,5-6H2. The summed E-state index contributed by atoms with van der Waals surface area (Å²) in [4.78, 5) is 1.80. The predicted octanol–water partition coefficient (Wildman–Crippen LogP) is 2.95. The Balaban J connectivity index is 2.42. The summed E-state index contributed by atoms with van der Waals surface area (Å²) in [6.45, 7) is 1.20. The molecular formula is C12H9F3N2. The van der Waals surface area contributed by atoms with Crippen LogP contribution in [0.4, 0.5) is 18.9 Å². The normalized spacial score (nSPS) is 15.1. The molecule has 0 amide bonds. The Morgan fingerprint density at radius 1 is 1.18 bits per heavy atom. The second kappa shape index (κ2) is 4.13. The van der Waals surface area contributed by atoms with Gasteiger partial charge in [-0.25, -0.2) is 0 Å². The smallest absolute Gasteiger partial charge is 0.364 e. The zero-order valence-electron chi connectivity index (χ0n) is 8.83. The third-order valence-corrected chi connectivity index (χ3v) is 2.61. The quantitative estimate of drug-likeness (QED) is 0.703. The van der Waals surface area contributed by atoms with E-state index in [-0.39, 0.29) is 5.56 Å². The summed E-state index contributed by atoms with van der Waals surface area (Å²) in [6.07, 6.45) is -0.703. The van der Waals surface area contributed by atoms with Gasteiger partial charge in [0.2, 0.25) is 0 Å². The van der Waals surface area contributed by atoms with E-state index in [1.807, 2.05) is 12.2 Å². The molecule has 0 atom stereocenters. The first-order chi connectivity index (χ1) is 8.02. The van der Waals surface area contributed by atoms with Gasteiger partial charge < -0.3 is 4.90 Å². The van der Waals surface area contributed by atoms with E-state index in [4.69, 9.17) is 5.26 Å². The minimum Gasteiger partial charge on any atom is -0.364 e. The van der Waals surface area contributed by atoms with Gasteiger partial charge >= 0.3 is 6.18 Å². The minimum absolute atomic E-state index is 0.339. The van der Waals surface area contributed by atoms with Crippen LogP contribution >= 0.6 is 0 Å². The Morgan fingerprint density at radius 3 is 2.35 bits per heavy atom. The first-order valence-electron chi connectivity index (χ1n) is 5.03. The molecule has 0 saturated heterocycles. The van der Waals surface area contributed by atoms with Crippen LogP contribution in [0.25, 0.3) is 0 Å². The molecule has 0 bridgehead atoms. The van der Waals surface area contributed by atoms with Crippen LogP contribution in [0.1, 0.15) is 11.1 Å². The van der Waals surface area contributed by atoms with Gasteiger partial charge in [-0.3, -0.25) is 0 Å². The van der Waals surface area contributed by atoms with Crippen LogP contribution < -0.4 is 4.90 Å². The minimum atomic E-state index is -4.49. The molecule has 88 valence electrons. The third kappa shape index (κ3) is 2.26. The molecule has 17 heavy (non-hydrogen) atoms. The monoisotopic (exact) mass is 238 g/mol. The molecule has 0 aliphatic carbocycles. The molecule has 2 nitrogen and oxygen atoms in total. The summed E-state index contributed by atoms with van der Waals surface area (Å²) >= 11 is 0. The second-order valence-corrected chi connectivity index (χ2v) is 3.72. The number of benzene rings is 1. The topological polar surface area (TPSA) is 27.0 Å². The number of anilines is 1. The molecule has 5 heteroatoms. The van der Waals surface area contributed by atoms with Crippen LogP contribution in [0.3, 0.4) is 0 Å². The first-order valence-corrected chi connectivity index (χ1v) is 5.03. The number of hydrogen-bond acceptors (Lipinski definition) is 2. The highest BCUT2D eigenvalue weighted by Crippen LogP contribution is 2.34. The Labute approximate surface area is 96.6 Å². The van der Waals surface area contributed by atoms with Gasteiger partial charge in [0.1, 0.15) is 0 Å². The van der Waals surface area contributed by atoms with Crippen LogP contribution in [-0.4, -0.2) is 13.1 Å². The van der Waals surface area contributed by atoms with Gasteiger partial charge in [0.15, 0.2) is 0 Å². The average molecular weight is 238 g/mol. The molecule has 0 unspecified atom stereocenters. The van der Waals surface area contributed by atoms with Crippen LogP contribution in [0.15, 0.2) is 30.4 Å². The number of hydrogen-bond donors (Lipinski definition) is 0. The Hall–Kier alpha value is -1.96. The number of alkyl halides is 3. The molecule has 1 aromatic carbocycles. The van der Waals surface area contributed by atoms with Crippen molar-refractivity contribution in [1.29, 1.82) is 5.26 Å². The van der Waals surface area contributed by atoms with Crippen molar-refractivity contribution in [2.45, 2.75) is 6.18 Å². The first kappa shape index (κ1) is 11.5. The fourth-order valence-electron chi connectivity index (χ4n) is 1.75. The highest BCUT2D eigenvalue weighted by atomic mass is 19.4. The second-order valence-electron chi connectivity index (χ2n) is 3.72. The van der Waals surface area contributed by atoms with Gasteiger partial charge in [0.25, 0.3) is 0 Å². The van der Waals surface area contributed by atoms with E-state index in [0.29, 0.717) is 18.8 Å². The van der Waals surface area contributed by atoms with E-state index in [0.717, 1.165) is 6.07 Å². The lowest BCUT2D eigenvalue weighted by molar-refractivity contribution is -0.137. The van der Waals surface area contributed by atoms with Crippen molar-refractivity contribution in [2.75, 3.05) is 18.0 Å². The van der Waals surface area contributed by atoms with Crippen molar-refractivity contribution in [3.05, 3.63) is 41.5 Å². The van der Waals surface area contributed by atoms with Crippen molar-refractivity contribution in [2.24, 2.45) is 0 Å². The van der Waals surface area contributed by atoms with Gasteiger partial charge in [0.05, 0.1) is 17.2 Å². The lowest BCUT2D eigenvalue weighted by Gasteiger charge is -2.19. The lowest BCUT2D eigenvalue weighted by atomic mass is 10.1. The van der Waals surface area contributed by atoms with E-state index in [1.54, 1.807) is 17.0 Å². The molecule has 0 aromatic heterocycles. The zero-order chi connectivity index (χ0) is 12.5. The molecule has 0 spiro atoms. The molecule has 1 heterocycles. The highest BCUT2D eigenvalue weighted by Gasteiger charge is 2.34. The van der Waals surface area contributed by atoms with Crippen molar-refractivity contribution in [3.8, 4) is 6.07 Å². The summed E-state index contributed by atoms with van der Waals surface area (Å²) in [5.41, 5.74) is -0.723. The van der Waals surface area contributed by atoms with Crippen molar-refractivity contribution in [3.63, 3.8) is 0 Å². The van der Waals surface area contributed by atoms with Crippen molar-refractivity contribution < 1.29 is 13.2 Å². The molecule has 1 aliphatic heterocycles. The van der Waals surface area contributed by atoms with E-state index in [9.17, 15) is 13.2 Å².